The van der Waals surface area contributed by atoms with Gasteiger partial charge in [0.2, 0.25) is 0 Å². The van der Waals surface area contributed by atoms with E-state index in [1.807, 2.05) is 12.3 Å². The molecule has 7 nitrogen and oxygen atoms in total. The van der Waals surface area contributed by atoms with Crippen molar-refractivity contribution in [2.75, 3.05) is 13.1 Å². The molecule has 1 saturated heterocycles. The summed E-state index contributed by atoms with van der Waals surface area (Å²) in [7, 11) is 0. The maximum Gasteiger partial charge on any atom is 0.326 e. The van der Waals surface area contributed by atoms with Gasteiger partial charge in [-0.05, 0) is 25.3 Å². The second-order valence-corrected chi connectivity index (χ2v) is 4.54. The van der Waals surface area contributed by atoms with E-state index >= 15 is 0 Å². The Bertz CT molecular complexity index is 432. The second kappa shape index (κ2) is 6.21. The van der Waals surface area contributed by atoms with E-state index in [9.17, 15) is 9.59 Å². The van der Waals surface area contributed by atoms with E-state index in [0.717, 1.165) is 19.4 Å². The first kappa shape index (κ1) is 13.4. The lowest BCUT2D eigenvalue weighted by Crippen LogP contribution is -2.46. The topological polar surface area (TPSA) is 87.5 Å². The Morgan fingerprint density at radius 1 is 1.47 bits per heavy atom. The first-order valence-electron chi connectivity index (χ1n) is 6.43. The summed E-state index contributed by atoms with van der Waals surface area (Å²) >= 11 is 0. The van der Waals surface area contributed by atoms with Crippen LogP contribution in [0, 0.1) is 0 Å². The molecule has 0 radical (unpaired) electrons. The average Bonchev–Trinajstić information content (AvgIpc) is 3.04. The van der Waals surface area contributed by atoms with Gasteiger partial charge in [0.25, 0.3) is 0 Å². The van der Waals surface area contributed by atoms with Gasteiger partial charge in [-0.2, -0.15) is 5.10 Å². The maximum atomic E-state index is 11.9. The fraction of sp³-hybridized carbons (Fsp3) is 0.583. The third-order valence-corrected chi connectivity index (χ3v) is 3.20. The number of amides is 2. The highest BCUT2D eigenvalue weighted by Crippen LogP contribution is 2.17. The Morgan fingerprint density at radius 3 is 3.00 bits per heavy atom. The SMILES string of the molecule is O=C(O)[C@H]1CCCN1C(=O)NCCCn1cccn1. The molecule has 1 fully saturated rings. The van der Waals surface area contributed by atoms with Crippen molar-refractivity contribution in [3.05, 3.63) is 18.5 Å². The van der Waals surface area contributed by atoms with Gasteiger partial charge in [-0.3, -0.25) is 4.68 Å². The molecule has 0 aromatic carbocycles. The molecule has 0 bridgehead atoms. The van der Waals surface area contributed by atoms with Crippen LogP contribution in [0.2, 0.25) is 0 Å². The highest BCUT2D eigenvalue weighted by atomic mass is 16.4. The highest BCUT2D eigenvalue weighted by molar-refractivity contribution is 5.83. The van der Waals surface area contributed by atoms with Crippen LogP contribution in [0.25, 0.3) is 0 Å². The molecule has 0 aliphatic carbocycles. The lowest BCUT2D eigenvalue weighted by Gasteiger charge is -2.21. The van der Waals surface area contributed by atoms with Crippen molar-refractivity contribution < 1.29 is 14.7 Å². The Hall–Kier alpha value is -2.05. The predicted octanol–water partition coefficient (Wildman–Crippen LogP) is 0.532. The van der Waals surface area contributed by atoms with Gasteiger partial charge in [0.05, 0.1) is 0 Å². The van der Waals surface area contributed by atoms with Gasteiger partial charge in [-0.25, -0.2) is 9.59 Å². The quantitative estimate of drug-likeness (QED) is 0.761. The fourth-order valence-electron chi connectivity index (χ4n) is 2.24. The van der Waals surface area contributed by atoms with Crippen molar-refractivity contribution in [1.82, 2.24) is 20.0 Å². The number of carboxylic acids is 1. The summed E-state index contributed by atoms with van der Waals surface area (Å²) in [6, 6.07) is 0.886. The molecule has 19 heavy (non-hydrogen) atoms. The van der Waals surface area contributed by atoms with E-state index in [1.165, 1.54) is 4.90 Å². The minimum atomic E-state index is -0.927. The van der Waals surface area contributed by atoms with Crippen LogP contribution in [0.1, 0.15) is 19.3 Å². The summed E-state index contributed by atoms with van der Waals surface area (Å²) in [5, 5.41) is 15.8. The number of nitrogens with zero attached hydrogens (tertiary/aromatic N) is 3. The molecule has 2 heterocycles. The third kappa shape index (κ3) is 3.46. The van der Waals surface area contributed by atoms with Crippen molar-refractivity contribution in [2.45, 2.75) is 31.8 Å². The number of nitrogens with one attached hydrogen (secondary N) is 1. The summed E-state index contributed by atoms with van der Waals surface area (Å²) in [4.78, 5) is 24.2. The van der Waals surface area contributed by atoms with Gasteiger partial charge in [0, 0.05) is 32.0 Å². The third-order valence-electron chi connectivity index (χ3n) is 3.20. The van der Waals surface area contributed by atoms with E-state index in [4.69, 9.17) is 5.11 Å². The zero-order valence-corrected chi connectivity index (χ0v) is 10.7. The summed E-state index contributed by atoms with van der Waals surface area (Å²) in [6.07, 6.45) is 5.62. The van der Waals surface area contributed by atoms with Gasteiger partial charge < -0.3 is 15.3 Å². The normalized spacial score (nSPS) is 18.5. The van der Waals surface area contributed by atoms with E-state index in [2.05, 4.69) is 10.4 Å². The number of rotatable bonds is 5. The van der Waals surface area contributed by atoms with Crippen LogP contribution in [0.4, 0.5) is 4.79 Å². The summed E-state index contributed by atoms with van der Waals surface area (Å²) in [5.74, 6) is -0.927. The number of hydrogen-bond donors (Lipinski definition) is 2. The fourth-order valence-corrected chi connectivity index (χ4v) is 2.24. The van der Waals surface area contributed by atoms with Crippen molar-refractivity contribution in [3.8, 4) is 0 Å². The zero-order valence-electron chi connectivity index (χ0n) is 10.7. The molecular weight excluding hydrogens is 248 g/mol. The molecule has 7 heteroatoms. The van der Waals surface area contributed by atoms with Crippen LogP contribution < -0.4 is 5.32 Å². The minimum absolute atomic E-state index is 0.287. The van der Waals surface area contributed by atoms with Crippen LogP contribution in [0.5, 0.6) is 0 Å². The molecule has 1 atom stereocenters. The first-order chi connectivity index (χ1) is 9.18. The number of hydrogen-bond acceptors (Lipinski definition) is 3. The monoisotopic (exact) mass is 266 g/mol. The molecule has 0 spiro atoms. The number of carbonyl (C=O) groups excluding carboxylic acids is 1. The Kier molecular flexibility index (Phi) is 4.38. The summed E-state index contributed by atoms with van der Waals surface area (Å²) < 4.78 is 1.79. The van der Waals surface area contributed by atoms with Gasteiger partial charge in [-0.15, -0.1) is 0 Å². The Labute approximate surface area is 111 Å². The maximum absolute atomic E-state index is 11.9. The second-order valence-electron chi connectivity index (χ2n) is 4.54. The average molecular weight is 266 g/mol. The molecule has 0 unspecified atom stereocenters. The molecule has 1 aromatic heterocycles. The van der Waals surface area contributed by atoms with Crippen molar-refractivity contribution in [1.29, 1.82) is 0 Å². The Balaban J connectivity index is 1.70. The van der Waals surface area contributed by atoms with Crippen molar-refractivity contribution in [3.63, 3.8) is 0 Å². The van der Waals surface area contributed by atoms with Gasteiger partial charge in [0.15, 0.2) is 0 Å². The number of carboxylic acid groups (broad SMARTS) is 1. The number of aliphatic carboxylic acids is 1. The molecule has 2 rings (SSSR count). The highest BCUT2D eigenvalue weighted by Gasteiger charge is 2.33. The lowest BCUT2D eigenvalue weighted by molar-refractivity contribution is -0.141. The zero-order chi connectivity index (χ0) is 13.7. The van der Waals surface area contributed by atoms with Crippen LogP contribution in [-0.4, -0.2) is 50.9 Å². The molecule has 1 aliphatic rings. The van der Waals surface area contributed by atoms with E-state index < -0.39 is 12.0 Å². The van der Waals surface area contributed by atoms with E-state index in [-0.39, 0.29) is 6.03 Å². The predicted molar refractivity (Wildman–Crippen MR) is 67.6 cm³/mol. The van der Waals surface area contributed by atoms with Crippen LogP contribution in [-0.2, 0) is 11.3 Å². The number of carbonyl (C=O) groups is 2. The lowest BCUT2D eigenvalue weighted by atomic mass is 10.2. The molecule has 2 amide bonds. The van der Waals surface area contributed by atoms with Gasteiger partial charge in [-0.1, -0.05) is 0 Å². The molecule has 1 aromatic rings. The number of likely N-dealkylation sites (tertiary alicyclic amines) is 1. The molecular formula is C12H18N4O3. The molecule has 1 aliphatic heterocycles. The van der Waals surface area contributed by atoms with Crippen LogP contribution >= 0.6 is 0 Å². The number of aryl methyl sites for hydroxylation is 1. The molecule has 2 N–H and O–H groups in total. The molecule has 0 saturated carbocycles. The van der Waals surface area contributed by atoms with E-state index in [0.29, 0.717) is 19.5 Å². The van der Waals surface area contributed by atoms with Crippen LogP contribution in [0.3, 0.4) is 0 Å². The summed E-state index contributed by atoms with van der Waals surface area (Å²) in [6.45, 7) is 1.76. The van der Waals surface area contributed by atoms with Crippen LogP contribution in [0.15, 0.2) is 18.5 Å². The smallest absolute Gasteiger partial charge is 0.326 e. The minimum Gasteiger partial charge on any atom is -0.480 e. The van der Waals surface area contributed by atoms with Gasteiger partial charge >= 0.3 is 12.0 Å². The van der Waals surface area contributed by atoms with Gasteiger partial charge in [0.1, 0.15) is 6.04 Å². The summed E-state index contributed by atoms with van der Waals surface area (Å²) in [5.41, 5.74) is 0. The largest absolute Gasteiger partial charge is 0.480 e. The number of urea groups is 1. The number of aromatic nitrogens is 2. The Morgan fingerprint density at radius 2 is 2.32 bits per heavy atom. The van der Waals surface area contributed by atoms with Crippen molar-refractivity contribution >= 4 is 12.0 Å². The standard InChI is InChI=1S/C12H18N4O3/c17-11(18)10-4-1-9-16(10)12(19)13-5-2-7-15-8-3-6-14-15/h3,6,8,10H,1-2,4-5,7,9H2,(H,13,19)(H,17,18)/t10-/m1/s1. The van der Waals surface area contributed by atoms with Crippen molar-refractivity contribution in [2.24, 2.45) is 0 Å². The molecule has 104 valence electrons. The van der Waals surface area contributed by atoms with E-state index in [1.54, 1.807) is 10.9 Å². The first-order valence-corrected chi connectivity index (χ1v) is 6.43.